The SMILES string of the molecule is CCNC(=NCCCNC(=O)c1ccccc1)N(C)Cc1cccn1C. The van der Waals surface area contributed by atoms with Crippen LogP contribution in [0, 0.1) is 0 Å². The van der Waals surface area contributed by atoms with Crippen molar-refractivity contribution in [3.8, 4) is 0 Å². The van der Waals surface area contributed by atoms with Gasteiger partial charge in [0.1, 0.15) is 0 Å². The van der Waals surface area contributed by atoms with E-state index in [4.69, 9.17) is 0 Å². The fourth-order valence-electron chi connectivity index (χ4n) is 2.61. The highest BCUT2D eigenvalue weighted by atomic mass is 16.1. The van der Waals surface area contributed by atoms with Gasteiger partial charge in [-0.2, -0.15) is 0 Å². The number of guanidine groups is 1. The number of hydrogen-bond acceptors (Lipinski definition) is 2. The lowest BCUT2D eigenvalue weighted by atomic mass is 10.2. The Bertz CT molecular complexity index is 708. The van der Waals surface area contributed by atoms with Crippen LogP contribution in [0.3, 0.4) is 0 Å². The Morgan fingerprint density at radius 3 is 2.58 bits per heavy atom. The van der Waals surface area contributed by atoms with Gasteiger partial charge in [-0.15, -0.1) is 0 Å². The summed E-state index contributed by atoms with van der Waals surface area (Å²) in [4.78, 5) is 18.8. The Hall–Kier alpha value is -2.76. The maximum absolute atomic E-state index is 12.0. The van der Waals surface area contributed by atoms with E-state index in [0.29, 0.717) is 18.7 Å². The molecule has 0 aliphatic rings. The van der Waals surface area contributed by atoms with Crippen LogP contribution in [0.15, 0.2) is 53.7 Å². The third kappa shape index (κ3) is 5.95. The molecule has 1 heterocycles. The van der Waals surface area contributed by atoms with Gasteiger partial charge in [0.05, 0.1) is 6.54 Å². The lowest BCUT2D eigenvalue weighted by molar-refractivity contribution is 0.0953. The number of carbonyl (C=O) groups excluding carboxylic acids is 1. The average Bonchev–Trinajstić information content (AvgIpc) is 3.05. The van der Waals surface area contributed by atoms with E-state index in [9.17, 15) is 4.79 Å². The van der Waals surface area contributed by atoms with Crippen molar-refractivity contribution in [3.63, 3.8) is 0 Å². The summed E-state index contributed by atoms with van der Waals surface area (Å²) in [5.74, 6) is 0.838. The molecule has 6 heteroatoms. The van der Waals surface area contributed by atoms with E-state index in [1.807, 2.05) is 56.7 Å². The molecule has 2 aromatic rings. The van der Waals surface area contributed by atoms with Gasteiger partial charge in [-0.25, -0.2) is 0 Å². The van der Waals surface area contributed by atoms with Crippen molar-refractivity contribution >= 4 is 11.9 Å². The highest BCUT2D eigenvalue weighted by Crippen LogP contribution is 2.04. The molecular weight excluding hydrogens is 326 g/mol. The Balaban J connectivity index is 1.79. The van der Waals surface area contributed by atoms with Crippen LogP contribution in [0.2, 0.25) is 0 Å². The molecule has 140 valence electrons. The molecule has 0 spiro atoms. The molecule has 1 aromatic heterocycles. The van der Waals surface area contributed by atoms with E-state index in [1.54, 1.807) is 0 Å². The van der Waals surface area contributed by atoms with E-state index in [2.05, 4.69) is 38.1 Å². The summed E-state index contributed by atoms with van der Waals surface area (Å²) < 4.78 is 2.11. The number of aryl methyl sites for hydroxylation is 1. The fourth-order valence-corrected chi connectivity index (χ4v) is 2.61. The topological polar surface area (TPSA) is 61.7 Å². The maximum Gasteiger partial charge on any atom is 0.251 e. The van der Waals surface area contributed by atoms with Crippen LogP contribution in [0.4, 0.5) is 0 Å². The Morgan fingerprint density at radius 1 is 1.15 bits per heavy atom. The zero-order valence-electron chi connectivity index (χ0n) is 15.9. The maximum atomic E-state index is 12.0. The molecule has 2 N–H and O–H groups in total. The van der Waals surface area contributed by atoms with Gasteiger partial charge in [-0.1, -0.05) is 18.2 Å². The van der Waals surface area contributed by atoms with E-state index in [1.165, 1.54) is 5.69 Å². The quantitative estimate of drug-likeness (QED) is 0.434. The minimum Gasteiger partial charge on any atom is -0.357 e. The number of aromatic nitrogens is 1. The summed E-state index contributed by atoms with van der Waals surface area (Å²) >= 11 is 0. The number of carbonyl (C=O) groups is 1. The van der Waals surface area contributed by atoms with Gasteiger partial charge in [0.2, 0.25) is 0 Å². The molecule has 0 unspecified atom stereocenters. The van der Waals surface area contributed by atoms with E-state index in [0.717, 1.165) is 25.5 Å². The van der Waals surface area contributed by atoms with Crippen molar-refractivity contribution < 1.29 is 4.79 Å². The molecule has 0 aliphatic carbocycles. The third-order valence-electron chi connectivity index (χ3n) is 4.06. The van der Waals surface area contributed by atoms with Gasteiger partial charge >= 0.3 is 0 Å². The molecule has 1 amide bonds. The Morgan fingerprint density at radius 2 is 1.92 bits per heavy atom. The molecule has 6 nitrogen and oxygen atoms in total. The zero-order chi connectivity index (χ0) is 18.8. The Labute approximate surface area is 155 Å². The highest BCUT2D eigenvalue weighted by Gasteiger charge is 2.08. The highest BCUT2D eigenvalue weighted by molar-refractivity contribution is 5.94. The normalized spacial score (nSPS) is 11.3. The predicted molar refractivity (Wildman–Crippen MR) is 106 cm³/mol. The van der Waals surface area contributed by atoms with Crippen LogP contribution in [-0.2, 0) is 13.6 Å². The van der Waals surface area contributed by atoms with Crippen molar-refractivity contribution in [2.75, 3.05) is 26.7 Å². The van der Waals surface area contributed by atoms with Crippen LogP contribution in [0.5, 0.6) is 0 Å². The van der Waals surface area contributed by atoms with Crippen LogP contribution in [-0.4, -0.2) is 48.0 Å². The molecule has 0 fully saturated rings. The van der Waals surface area contributed by atoms with Crippen LogP contribution in [0.1, 0.15) is 29.4 Å². The van der Waals surface area contributed by atoms with Crippen molar-refractivity contribution in [1.82, 2.24) is 20.1 Å². The van der Waals surface area contributed by atoms with E-state index in [-0.39, 0.29) is 5.91 Å². The number of rotatable bonds is 8. The monoisotopic (exact) mass is 355 g/mol. The van der Waals surface area contributed by atoms with Gasteiger partial charge in [0.25, 0.3) is 5.91 Å². The number of nitrogens with one attached hydrogen (secondary N) is 2. The second-order valence-electron chi connectivity index (χ2n) is 6.18. The second kappa shape index (κ2) is 10.3. The number of aliphatic imine (C=N–C) groups is 1. The second-order valence-corrected chi connectivity index (χ2v) is 6.18. The van der Waals surface area contributed by atoms with E-state index >= 15 is 0 Å². The number of benzene rings is 1. The standard InChI is InChI=1S/C20H29N5O/c1-4-21-20(25(3)16-18-12-8-15-24(18)2)23-14-9-13-22-19(26)17-10-6-5-7-11-17/h5-8,10-12,15H,4,9,13-14,16H2,1-3H3,(H,21,23)(H,22,26). The lowest BCUT2D eigenvalue weighted by Crippen LogP contribution is -2.39. The molecule has 0 aliphatic heterocycles. The summed E-state index contributed by atoms with van der Waals surface area (Å²) in [6, 6.07) is 13.4. The molecule has 0 bridgehead atoms. The van der Waals surface area contributed by atoms with Gasteiger partial charge in [-0.05, 0) is 37.6 Å². The first-order valence-electron chi connectivity index (χ1n) is 9.04. The smallest absolute Gasteiger partial charge is 0.251 e. The minimum atomic E-state index is -0.0395. The number of nitrogens with zero attached hydrogens (tertiary/aromatic N) is 3. The minimum absolute atomic E-state index is 0.0395. The van der Waals surface area contributed by atoms with Gasteiger partial charge < -0.3 is 20.1 Å². The first kappa shape index (κ1) is 19.6. The van der Waals surface area contributed by atoms with Crippen LogP contribution < -0.4 is 10.6 Å². The van der Waals surface area contributed by atoms with Gasteiger partial charge in [0.15, 0.2) is 5.96 Å². The molecule has 26 heavy (non-hydrogen) atoms. The van der Waals surface area contributed by atoms with Crippen molar-refractivity contribution in [1.29, 1.82) is 0 Å². The zero-order valence-corrected chi connectivity index (χ0v) is 15.9. The predicted octanol–water partition coefficient (Wildman–Crippen LogP) is 2.24. The first-order valence-corrected chi connectivity index (χ1v) is 9.04. The molecule has 2 rings (SSSR count). The molecule has 0 saturated carbocycles. The third-order valence-corrected chi connectivity index (χ3v) is 4.06. The van der Waals surface area contributed by atoms with Crippen LogP contribution >= 0.6 is 0 Å². The van der Waals surface area contributed by atoms with Crippen molar-refractivity contribution in [3.05, 3.63) is 59.9 Å². The number of hydrogen-bond donors (Lipinski definition) is 2. The summed E-state index contributed by atoms with van der Waals surface area (Å²) in [7, 11) is 4.08. The largest absolute Gasteiger partial charge is 0.357 e. The summed E-state index contributed by atoms with van der Waals surface area (Å²) in [6.07, 6.45) is 2.84. The van der Waals surface area contributed by atoms with E-state index < -0.39 is 0 Å². The first-order chi connectivity index (χ1) is 12.6. The van der Waals surface area contributed by atoms with Crippen molar-refractivity contribution in [2.45, 2.75) is 19.9 Å². The molecule has 0 saturated heterocycles. The summed E-state index contributed by atoms with van der Waals surface area (Å²) in [5.41, 5.74) is 1.92. The Kier molecular flexibility index (Phi) is 7.74. The summed E-state index contributed by atoms with van der Waals surface area (Å²) in [6.45, 7) is 4.94. The number of amides is 1. The fraction of sp³-hybridized carbons (Fsp3) is 0.400. The van der Waals surface area contributed by atoms with Gasteiger partial charge in [0, 0.05) is 51.2 Å². The molecule has 1 aromatic carbocycles. The van der Waals surface area contributed by atoms with Crippen LogP contribution in [0.25, 0.3) is 0 Å². The molecule has 0 radical (unpaired) electrons. The van der Waals surface area contributed by atoms with Gasteiger partial charge in [-0.3, -0.25) is 9.79 Å². The van der Waals surface area contributed by atoms with Crippen molar-refractivity contribution in [2.24, 2.45) is 12.0 Å². The molecule has 0 atom stereocenters. The lowest BCUT2D eigenvalue weighted by Gasteiger charge is -2.22. The average molecular weight is 355 g/mol. The summed E-state index contributed by atoms with van der Waals surface area (Å²) in [5, 5.41) is 6.25. The molecular formula is C20H29N5O.